The van der Waals surface area contributed by atoms with Gasteiger partial charge in [0.05, 0.1) is 12.7 Å². The summed E-state index contributed by atoms with van der Waals surface area (Å²) in [5.74, 6) is 0. The van der Waals surface area contributed by atoms with E-state index in [2.05, 4.69) is 0 Å². The van der Waals surface area contributed by atoms with Gasteiger partial charge < -0.3 is 9.47 Å². The van der Waals surface area contributed by atoms with Crippen LogP contribution in [0.5, 0.6) is 0 Å². The Morgan fingerprint density at radius 3 is 2.71 bits per heavy atom. The molecule has 2 rings (SSSR count). The molecule has 1 saturated heterocycles. The maximum atomic E-state index is 13.7. The average Bonchev–Trinajstić information content (AvgIpc) is 2.64. The van der Waals surface area contributed by atoms with Crippen molar-refractivity contribution in [2.45, 2.75) is 43.9 Å². The first kappa shape index (κ1) is 12.8. The van der Waals surface area contributed by atoms with E-state index in [0.717, 1.165) is 5.56 Å². The largest absolute Gasteiger partial charge is 0.368 e. The summed E-state index contributed by atoms with van der Waals surface area (Å²) in [5, 5.41) is 0. The summed E-state index contributed by atoms with van der Waals surface area (Å²) in [6.45, 7) is 2.32. The molecule has 0 N–H and O–H groups in total. The minimum atomic E-state index is -1.26. The molecule has 0 aliphatic carbocycles. The SMILES string of the molecule is CC[C@H]1O[C@H](Cl)[C@@H](F)C1OCc1ccccc1. The van der Waals surface area contributed by atoms with Crippen LogP contribution in [0.15, 0.2) is 30.3 Å². The Kier molecular flexibility index (Phi) is 4.37. The molecule has 0 aromatic heterocycles. The highest BCUT2D eigenvalue weighted by Gasteiger charge is 2.44. The number of hydrogen-bond acceptors (Lipinski definition) is 2. The topological polar surface area (TPSA) is 18.5 Å². The van der Waals surface area contributed by atoms with E-state index in [0.29, 0.717) is 13.0 Å². The molecule has 4 heteroatoms. The highest BCUT2D eigenvalue weighted by Crippen LogP contribution is 2.31. The lowest BCUT2D eigenvalue weighted by Crippen LogP contribution is -2.31. The first-order chi connectivity index (χ1) is 8.22. The third-order valence-corrected chi connectivity index (χ3v) is 3.27. The molecule has 17 heavy (non-hydrogen) atoms. The van der Waals surface area contributed by atoms with Crippen LogP contribution in [-0.4, -0.2) is 23.9 Å². The second-order valence-electron chi connectivity index (χ2n) is 4.14. The Morgan fingerprint density at radius 1 is 1.35 bits per heavy atom. The monoisotopic (exact) mass is 258 g/mol. The molecule has 1 aliphatic rings. The van der Waals surface area contributed by atoms with Gasteiger partial charge >= 0.3 is 0 Å². The van der Waals surface area contributed by atoms with Gasteiger partial charge in [-0.15, -0.1) is 0 Å². The number of benzene rings is 1. The van der Waals surface area contributed by atoms with Gasteiger partial charge in [-0.05, 0) is 12.0 Å². The van der Waals surface area contributed by atoms with Gasteiger partial charge in [-0.2, -0.15) is 0 Å². The average molecular weight is 259 g/mol. The van der Waals surface area contributed by atoms with Crippen molar-refractivity contribution in [3.63, 3.8) is 0 Å². The molecule has 0 radical (unpaired) electrons. The van der Waals surface area contributed by atoms with Crippen molar-refractivity contribution in [3.8, 4) is 0 Å². The van der Waals surface area contributed by atoms with Crippen LogP contribution < -0.4 is 0 Å². The van der Waals surface area contributed by atoms with Crippen molar-refractivity contribution in [1.29, 1.82) is 0 Å². The van der Waals surface area contributed by atoms with Gasteiger partial charge in [-0.25, -0.2) is 4.39 Å². The maximum absolute atomic E-state index is 13.7. The minimum Gasteiger partial charge on any atom is -0.368 e. The van der Waals surface area contributed by atoms with E-state index in [4.69, 9.17) is 21.1 Å². The summed E-state index contributed by atoms with van der Waals surface area (Å²) in [7, 11) is 0. The molecule has 94 valence electrons. The Hall–Kier alpha value is -0.640. The molecule has 1 heterocycles. The van der Waals surface area contributed by atoms with Crippen molar-refractivity contribution >= 4 is 11.6 Å². The van der Waals surface area contributed by atoms with E-state index < -0.39 is 17.8 Å². The molecule has 0 bridgehead atoms. The maximum Gasteiger partial charge on any atom is 0.169 e. The molecule has 1 aliphatic heterocycles. The minimum absolute atomic E-state index is 0.254. The lowest BCUT2D eigenvalue weighted by Gasteiger charge is -2.18. The predicted molar refractivity (Wildman–Crippen MR) is 64.7 cm³/mol. The molecule has 0 saturated carbocycles. The van der Waals surface area contributed by atoms with Crippen LogP contribution in [0.4, 0.5) is 4.39 Å². The van der Waals surface area contributed by atoms with Crippen LogP contribution in [0, 0.1) is 0 Å². The van der Waals surface area contributed by atoms with E-state index >= 15 is 0 Å². The third kappa shape index (κ3) is 2.97. The molecular weight excluding hydrogens is 243 g/mol. The summed E-state index contributed by atoms with van der Waals surface area (Å²) in [6, 6.07) is 9.69. The fraction of sp³-hybridized carbons (Fsp3) is 0.538. The highest BCUT2D eigenvalue weighted by molar-refractivity contribution is 6.20. The van der Waals surface area contributed by atoms with Crippen LogP contribution in [0.2, 0.25) is 0 Å². The molecule has 2 nitrogen and oxygen atoms in total. The number of alkyl halides is 2. The van der Waals surface area contributed by atoms with Crippen molar-refractivity contribution in [1.82, 2.24) is 0 Å². The summed E-state index contributed by atoms with van der Waals surface area (Å²) >= 11 is 5.74. The number of hydrogen-bond donors (Lipinski definition) is 0. The van der Waals surface area contributed by atoms with E-state index in [-0.39, 0.29) is 6.10 Å². The molecule has 4 atom stereocenters. The second kappa shape index (κ2) is 5.80. The standard InChI is InChI=1S/C13H16ClFO2/c1-2-10-12(11(15)13(14)17-10)16-8-9-6-4-3-5-7-9/h3-7,10-13H,2,8H2,1H3/t10-,11+,12?,13+/m1/s1. The summed E-state index contributed by atoms with van der Waals surface area (Å²) < 4.78 is 24.6. The summed E-state index contributed by atoms with van der Waals surface area (Å²) in [5.41, 5.74) is 0.133. The zero-order valence-corrected chi connectivity index (χ0v) is 10.4. The van der Waals surface area contributed by atoms with Gasteiger partial charge in [-0.3, -0.25) is 0 Å². The molecule has 1 aromatic rings. The number of rotatable bonds is 4. The van der Waals surface area contributed by atoms with Gasteiger partial charge in [0.25, 0.3) is 0 Å². The van der Waals surface area contributed by atoms with E-state index in [1.807, 2.05) is 37.3 Å². The van der Waals surface area contributed by atoms with Crippen LogP contribution in [0.3, 0.4) is 0 Å². The van der Waals surface area contributed by atoms with Gasteiger partial charge in [0.2, 0.25) is 0 Å². The summed E-state index contributed by atoms with van der Waals surface area (Å²) in [6.07, 6.45) is -1.38. The molecular formula is C13H16ClFO2. The molecule has 0 spiro atoms. The first-order valence-electron chi connectivity index (χ1n) is 5.81. The van der Waals surface area contributed by atoms with E-state index in [9.17, 15) is 4.39 Å². The van der Waals surface area contributed by atoms with Crippen LogP contribution >= 0.6 is 11.6 Å². The van der Waals surface area contributed by atoms with Crippen molar-refractivity contribution < 1.29 is 13.9 Å². The van der Waals surface area contributed by atoms with Crippen LogP contribution in [0.1, 0.15) is 18.9 Å². The fourth-order valence-corrected chi connectivity index (χ4v) is 2.24. The van der Waals surface area contributed by atoms with Gasteiger partial charge in [0, 0.05) is 0 Å². The number of halogens is 2. The second-order valence-corrected chi connectivity index (χ2v) is 4.57. The quantitative estimate of drug-likeness (QED) is 0.772. The third-order valence-electron chi connectivity index (χ3n) is 2.92. The molecule has 1 aromatic carbocycles. The normalized spacial score (nSPS) is 32.9. The molecule has 1 unspecified atom stereocenters. The lowest BCUT2D eigenvalue weighted by atomic mass is 10.1. The summed E-state index contributed by atoms with van der Waals surface area (Å²) in [4.78, 5) is 0. The van der Waals surface area contributed by atoms with E-state index in [1.54, 1.807) is 0 Å². The Morgan fingerprint density at radius 2 is 2.06 bits per heavy atom. The Bertz CT molecular complexity index is 347. The zero-order chi connectivity index (χ0) is 12.3. The van der Waals surface area contributed by atoms with Crippen LogP contribution in [0.25, 0.3) is 0 Å². The first-order valence-corrected chi connectivity index (χ1v) is 6.25. The smallest absolute Gasteiger partial charge is 0.169 e. The fourth-order valence-electron chi connectivity index (χ4n) is 1.97. The van der Waals surface area contributed by atoms with Crippen molar-refractivity contribution in [3.05, 3.63) is 35.9 Å². The Labute approximate surface area is 106 Å². The molecule has 0 amide bonds. The van der Waals surface area contributed by atoms with Gasteiger partial charge in [0.1, 0.15) is 6.10 Å². The van der Waals surface area contributed by atoms with Crippen molar-refractivity contribution in [2.75, 3.05) is 0 Å². The van der Waals surface area contributed by atoms with E-state index in [1.165, 1.54) is 0 Å². The highest BCUT2D eigenvalue weighted by atomic mass is 35.5. The molecule has 1 fully saturated rings. The van der Waals surface area contributed by atoms with Gasteiger partial charge in [0.15, 0.2) is 11.7 Å². The zero-order valence-electron chi connectivity index (χ0n) is 9.68. The van der Waals surface area contributed by atoms with Crippen LogP contribution in [-0.2, 0) is 16.1 Å². The Balaban J connectivity index is 1.93. The predicted octanol–water partition coefficient (Wildman–Crippen LogP) is 3.28. The van der Waals surface area contributed by atoms with Crippen molar-refractivity contribution in [2.24, 2.45) is 0 Å². The number of ether oxygens (including phenoxy) is 2. The van der Waals surface area contributed by atoms with Gasteiger partial charge in [-0.1, -0.05) is 48.9 Å². The lowest BCUT2D eigenvalue weighted by molar-refractivity contribution is -0.0330.